The van der Waals surface area contributed by atoms with E-state index in [0.29, 0.717) is 41.7 Å². The number of ether oxygens (including phenoxy) is 3. The molecule has 0 saturated heterocycles. The fraction of sp³-hybridized carbons (Fsp3) is 0.241. The quantitative estimate of drug-likeness (QED) is 0.281. The first-order chi connectivity index (χ1) is 17.5. The van der Waals surface area contributed by atoms with Crippen LogP contribution in [0, 0.1) is 0 Å². The molecule has 0 aliphatic heterocycles. The second-order valence-corrected chi connectivity index (χ2v) is 8.28. The number of aryl methyl sites for hydroxylation is 2. The van der Waals surface area contributed by atoms with E-state index in [9.17, 15) is 9.90 Å². The molecule has 36 heavy (non-hydrogen) atoms. The number of methoxy groups -OCH3 is 2. The van der Waals surface area contributed by atoms with Crippen molar-refractivity contribution in [2.45, 2.75) is 26.3 Å². The second-order valence-electron chi connectivity index (χ2n) is 8.28. The second kappa shape index (κ2) is 11.4. The molecule has 0 spiro atoms. The lowest BCUT2D eigenvalue weighted by atomic mass is 10.0. The molecule has 1 aromatic heterocycles. The first-order valence-corrected chi connectivity index (χ1v) is 11.9. The Morgan fingerprint density at radius 2 is 1.72 bits per heavy atom. The summed E-state index contributed by atoms with van der Waals surface area (Å²) in [7, 11) is 3.22. The lowest BCUT2D eigenvalue weighted by Gasteiger charge is -2.14. The van der Waals surface area contributed by atoms with Gasteiger partial charge in [0, 0.05) is 17.7 Å². The molecule has 0 radical (unpaired) electrons. The molecule has 1 N–H and O–H groups in total. The third-order valence-electron chi connectivity index (χ3n) is 5.88. The van der Waals surface area contributed by atoms with Gasteiger partial charge < -0.3 is 19.3 Å². The topological polar surface area (TPSA) is 82.8 Å². The van der Waals surface area contributed by atoms with E-state index in [1.807, 2.05) is 54.1 Å². The Kier molecular flexibility index (Phi) is 7.90. The summed E-state index contributed by atoms with van der Waals surface area (Å²) in [6, 6.07) is 22.7. The fourth-order valence-electron chi connectivity index (χ4n) is 4.11. The number of benzene rings is 3. The van der Waals surface area contributed by atoms with Gasteiger partial charge in [-0.25, -0.2) is 4.79 Å². The number of carbonyl (C=O) groups is 1. The normalized spacial score (nSPS) is 10.8. The van der Waals surface area contributed by atoms with Gasteiger partial charge in [-0.1, -0.05) is 43.3 Å². The van der Waals surface area contributed by atoms with E-state index in [-0.39, 0.29) is 5.56 Å². The Morgan fingerprint density at radius 1 is 0.917 bits per heavy atom. The van der Waals surface area contributed by atoms with Gasteiger partial charge in [-0.05, 0) is 54.8 Å². The molecule has 4 rings (SSSR count). The highest BCUT2D eigenvalue weighted by molar-refractivity contribution is 5.90. The van der Waals surface area contributed by atoms with Crippen LogP contribution in [-0.2, 0) is 13.0 Å². The summed E-state index contributed by atoms with van der Waals surface area (Å²) < 4.78 is 19.1. The number of para-hydroxylation sites is 1. The summed E-state index contributed by atoms with van der Waals surface area (Å²) in [5.41, 5.74) is 4.28. The third kappa shape index (κ3) is 5.35. The minimum absolute atomic E-state index is 0.174. The molecule has 0 fully saturated rings. The molecule has 0 amide bonds. The third-order valence-corrected chi connectivity index (χ3v) is 5.88. The monoisotopic (exact) mass is 486 g/mol. The van der Waals surface area contributed by atoms with Gasteiger partial charge in [-0.15, -0.1) is 0 Å². The Morgan fingerprint density at radius 3 is 2.42 bits per heavy atom. The van der Waals surface area contributed by atoms with E-state index in [4.69, 9.17) is 19.3 Å². The van der Waals surface area contributed by atoms with Gasteiger partial charge in [0.25, 0.3) is 0 Å². The van der Waals surface area contributed by atoms with E-state index in [1.54, 1.807) is 32.4 Å². The maximum Gasteiger partial charge on any atom is 0.335 e. The van der Waals surface area contributed by atoms with Gasteiger partial charge in [-0.3, -0.25) is 4.68 Å². The Balaban J connectivity index is 1.85. The zero-order chi connectivity index (χ0) is 25.5. The first-order valence-electron chi connectivity index (χ1n) is 11.9. The maximum atomic E-state index is 11.7. The number of carboxylic acid groups (broad SMARTS) is 1. The minimum Gasteiger partial charge on any atom is -0.493 e. The van der Waals surface area contributed by atoms with Crippen LogP contribution in [0.15, 0.2) is 72.8 Å². The van der Waals surface area contributed by atoms with Crippen LogP contribution in [0.4, 0.5) is 0 Å². The molecule has 0 aliphatic carbocycles. The molecule has 3 aromatic carbocycles. The average Bonchev–Trinajstić information content (AvgIpc) is 3.34. The SMILES string of the molecule is CCCOc1ccc(C(=O)O)cc1-c1cc(-c2cccc(OC)c2OC)n(CCc2ccccc2)n1. The Bertz CT molecular complexity index is 1330. The van der Waals surface area contributed by atoms with Crippen molar-refractivity contribution in [2.24, 2.45) is 0 Å². The summed E-state index contributed by atoms with van der Waals surface area (Å²) >= 11 is 0. The van der Waals surface area contributed by atoms with Crippen molar-refractivity contribution in [3.05, 3.63) is 83.9 Å². The first kappa shape index (κ1) is 24.9. The van der Waals surface area contributed by atoms with Crippen LogP contribution < -0.4 is 14.2 Å². The van der Waals surface area contributed by atoms with Gasteiger partial charge in [0.15, 0.2) is 11.5 Å². The van der Waals surface area contributed by atoms with Crippen LogP contribution in [0.1, 0.15) is 29.3 Å². The van der Waals surface area contributed by atoms with Gasteiger partial charge in [0.05, 0.1) is 37.8 Å². The smallest absolute Gasteiger partial charge is 0.335 e. The van der Waals surface area contributed by atoms with E-state index < -0.39 is 5.97 Å². The number of carboxylic acids is 1. The van der Waals surface area contributed by atoms with E-state index in [0.717, 1.165) is 24.1 Å². The van der Waals surface area contributed by atoms with Crippen LogP contribution in [0.3, 0.4) is 0 Å². The standard InChI is InChI=1S/C29H30N2O5/c1-4-17-36-26-14-13-21(29(32)33)18-23(26)24-19-25(22-11-8-12-27(34-2)28(22)35-3)31(30-24)16-15-20-9-6-5-7-10-20/h5-14,18-19H,4,15-17H2,1-3H3,(H,32,33). The zero-order valence-electron chi connectivity index (χ0n) is 20.7. The van der Waals surface area contributed by atoms with Crippen molar-refractivity contribution in [1.29, 1.82) is 0 Å². The summed E-state index contributed by atoms with van der Waals surface area (Å²) in [5, 5.41) is 14.5. The summed E-state index contributed by atoms with van der Waals surface area (Å²) in [6.07, 6.45) is 1.60. The molecular formula is C29H30N2O5. The molecule has 0 aliphatic rings. The minimum atomic E-state index is -1.00. The largest absolute Gasteiger partial charge is 0.493 e. The number of aromatic carboxylic acids is 1. The van der Waals surface area contributed by atoms with Crippen LogP contribution in [0.2, 0.25) is 0 Å². The van der Waals surface area contributed by atoms with Crippen LogP contribution in [0.5, 0.6) is 17.2 Å². The molecule has 0 unspecified atom stereocenters. The molecule has 7 nitrogen and oxygen atoms in total. The number of hydrogen-bond donors (Lipinski definition) is 1. The highest BCUT2D eigenvalue weighted by atomic mass is 16.5. The molecule has 4 aromatic rings. The Labute approximate surface area is 210 Å². The van der Waals surface area contributed by atoms with Crippen LogP contribution in [-0.4, -0.2) is 41.7 Å². The van der Waals surface area contributed by atoms with Crippen molar-refractivity contribution in [1.82, 2.24) is 9.78 Å². The molecule has 0 atom stereocenters. The van der Waals surface area contributed by atoms with Crippen molar-refractivity contribution in [2.75, 3.05) is 20.8 Å². The molecular weight excluding hydrogens is 456 g/mol. The average molecular weight is 487 g/mol. The number of nitrogens with zero attached hydrogens (tertiary/aromatic N) is 2. The van der Waals surface area contributed by atoms with E-state index in [1.165, 1.54) is 5.56 Å². The van der Waals surface area contributed by atoms with E-state index in [2.05, 4.69) is 12.1 Å². The summed E-state index contributed by atoms with van der Waals surface area (Å²) in [5.74, 6) is 0.816. The predicted octanol–water partition coefficient (Wildman–Crippen LogP) is 5.96. The number of rotatable bonds is 11. The van der Waals surface area contributed by atoms with E-state index >= 15 is 0 Å². The molecule has 186 valence electrons. The van der Waals surface area contributed by atoms with Gasteiger partial charge in [0.2, 0.25) is 0 Å². The van der Waals surface area contributed by atoms with Crippen LogP contribution in [0.25, 0.3) is 22.5 Å². The van der Waals surface area contributed by atoms with Crippen molar-refractivity contribution in [3.8, 4) is 39.8 Å². The summed E-state index contributed by atoms with van der Waals surface area (Å²) in [6.45, 7) is 3.16. The fourth-order valence-corrected chi connectivity index (χ4v) is 4.11. The van der Waals surface area contributed by atoms with Gasteiger partial charge in [0.1, 0.15) is 5.75 Å². The van der Waals surface area contributed by atoms with Gasteiger partial charge in [-0.2, -0.15) is 5.10 Å². The van der Waals surface area contributed by atoms with Crippen molar-refractivity contribution >= 4 is 5.97 Å². The highest BCUT2D eigenvalue weighted by Gasteiger charge is 2.20. The van der Waals surface area contributed by atoms with Gasteiger partial charge >= 0.3 is 5.97 Å². The van der Waals surface area contributed by atoms with Crippen molar-refractivity contribution < 1.29 is 24.1 Å². The molecule has 7 heteroatoms. The molecule has 0 saturated carbocycles. The lowest BCUT2D eigenvalue weighted by Crippen LogP contribution is -2.06. The molecule has 0 bridgehead atoms. The Hall–Kier alpha value is -4.26. The predicted molar refractivity (Wildman–Crippen MR) is 139 cm³/mol. The van der Waals surface area contributed by atoms with Crippen molar-refractivity contribution in [3.63, 3.8) is 0 Å². The molecule has 1 heterocycles. The number of aromatic nitrogens is 2. The maximum absolute atomic E-state index is 11.7. The lowest BCUT2D eigenvalue weighted by molar-refractivity contribution is 0.0697. The van der Waals surface area contributed by atoms with Crippen LogP contribution >= 0.6 is 0 Å². The number of hydrogen-bond acceptors (Lipinski definition) is 5. The summed E-state index contributed by atoms with van der Waals surface area (Å²) in [4.78, 5) is 11.7. The zero-order valence-corrected chi connectivity index (χ0v) is 20.7. The highest BCUT2D eigenvalue weighted by Crippen LogP contribution is 2.40.